The molecule has 0 spiro atoms. The van der Waals surface area contributed by atoms with E-state index in [1.54, 1.807) is 0 Å². The molecule has 0 aliphatic carbocycles. The molecule has 9 heterocycles. The number of halogens is 1. The molecule has 0 atom stereocenters. The average molecular weight is 1600 g/mol. The van der Waals surface area contributed by atoms with Crippen LogP contribution in [-0.2, 0) is 9.31 Å². The monoisotopic (exact) mass is 1600 g/mol. The molecule has 0 amide bonds. The highest BCUT2D eigenvalue weighted by Gasteiger charge is 2.52. The third-order valence-electron chi connectivity index (χ3n) is 22.6. The fourth-order valence-corrected chi connectivity index (χ4v) is 15.8. The second kappa shape index (κ2) is 30.9. The lowest BCUT2D eigenvalue weighted by Crippen LogP contribution is -2.41. The smallest absolute Gasteiger partial charge is 0.455 e. The van der Waals surface area contributed by atoms with E-state index in [1.165, 1.54) is 5.56 Å². The zero-order valence-electron chi connectivity index (χ0n) is 66.4. The summed E-state index contributed by atoms with van der Waals surface area (Å²) in [4.78, 5) is 48.4. The van der Waals surface area contributed by atoms with E-state index in [-0.39, 0.29) is 5.28 Å². The lowest BCUT2D eigenvalue weighted by Gasteiger charge is -2.32. The van der Waals surface area contributed by atoms with Crippen LogP contribution in [0.1, 0.15) is 27.7 Å². The van der Waals surface area contributed by atoms with Gasteiger partial charge in [0.05, 0.1) is 22.3 Å². The summed E-state index contributed by atoms with van der Waals surface area (Å²) in [6.45, 7) is 8.23. The van der Waals surface area contributed by atoms with E-state index in [9.17, 15) is 0 Å². The molecule has 582 valence electrons. The van der Waals surface area contributed by atoms with E-state index in [1.807, 2.05) is 261 Å². The summed E-state index contributed by atoms with van der Waals surface area (Å²) >= 11 is 6.11. The maximum absolute atomic E-state index is 6.74. The van der Waals surface area contributed by atoms with Crippen LogP contribution in [0.2, 0.25) is 5.28 Å². The van der Waals surface area contributed by atoms with Gasteiger partial charge in [0.2, 0.25) is 5.28 Å². The number of hydrogen-bond donors (Lipinski definition) is 0. The number of para-hydroxylation sites is 4. The van der Waals surface area contributed by atoms with Crippen LogP contribution in [0, 0.1) is 0 Å². The third-order valence-corrected chi connectivity index (χ3v) is 22.8. The minimum atomic E-state index is -0.467. The van der Waals surface area contributed by atoms with Gasteiger partial charge in [-0.05, 0) is 122 Å². The van der Waals surface area contributed by atoms with Gasteiger partial charge in [0.1, 0.15) is 55.9 Å². The van der Waals surface area contributed by atoms with Crippen LogP contribution in [0.5, 0.6) is 0 Å². The van der Waals surface area contributed by atoms with Crippen molar-refractivity contribution < 1.29 is 27.0 Å². The molecule has 0 bridgehead atoms. The average Bonchev–Trinajstić information content (AvgIpc) is 1.61. The Morgan fingerprint density at radius 2 is 0.541 bits per heavy atom. The van der Waals surface area contributed by atoms with Crippen LogP contribution >= 0.6 is 11.6 Å². The Labute approximate surface area is 705 Å². The molecule has 0 radical (unpaired) electrons. The first kappa shape index (κ1) is 74.3. The van der Waals surface area contributed by atoms with Gasteiger partial charge in [-0.25, -0.2) is 39.9 Å². The van der Waals surface area contributed by atoms with Crippen LogP contribution < -0.4 is 5.46 Å². The predicted molar refractivity (Wildman–Crippen MR) is 487 cm³/mol. The summed E-state index contributed by atoms with van der Waals surface area (Å²) in [6, 6.07) is 117. The summed E-state index contributed by atoms with van der Waals surface area (Å²) in [7, 11) is -0.467. The number of hydrogen-bond acceptors (Lipinski definition) is 16. The lowest BCUT2D eigenvalue weighted by atomic mass is 9.79. The normalized spacial score (nSPS) is 13.0. The SMILES string of the molecule is CC1(C)OB(c2ccc3c(c2)oc2c(-c4nc(-c5ccccc5)c5oc6ccccc6c5n4)cccc23)OC1(C)C.Clc1nc(-c2ccccc2)nc(-c2ccc(-c3ccccc3)cc2)n1.c1ccc(-c2ccc(-c3nc(-c4ccccc4)nc(-c4ccc5c(c4)oc4c(-c6nc(-c7ccccc7)c7oc8ccccc8c7n6)cccc45)n3)cc2)cc1. The second-order valence-corrected chi connectivity index (χ2v) is 31.2. The van der Waals surface area contributed by atoms with E-state index in [4.69, 9.17) is 73.5 Å². The molecule has 16 nitrogen and oxygen atoms in total. The first-order valence-corrected chi connectivity index (χ1v) is 40.6. The maximum Gasteiger partial charge on any atom is 0.494 e. The molecular formula is C104H70BClN10O6. The second-order valence-electron chi connectivity index (χ2n) is 30.9. The highest BCUT2D eigenvalue weighted by Crippen LogP contribution is 2.44. The van der Waals surface area contributed by atoms with Gasteiger partial charge in [0, 0.05) is 71.3 Å². The molecule has 122 heavy (non-hydrogen) atoms. The largest absolute Gasteiger partial charge is 0.494 e. The maximum atomic E-state index is 6.74. The number of benzene rings is 14. The van der Waals surface area contributed by atoms with Crippen LogP contribution in [0.15, 0.2) is 370 Å². The molecule has 22 aromatic rings. The van der Waals surface area contributed by atoms with Crippen molar-refractivity contribution in [3.8, 4) is 124 Å². The lowest BCUT2D eigenvalue weighted by molar-refractivity contribution is 0.00578. The van der Waals surface area contributed by atoms with E-state index >= 15 is 0 Å². The summed E-state index contributed by atoms with van der Waals surface area (Å²) in [5, 5.41) is 6.02. The van der Waals surface area contributed by atoms with Crippen molar-refractivity contribution in [3.05, 3.63) is 357 Å². The Balaban J connectivity index is 0.000000121. The highest BCUT2D eigenvalue weighted by molar-refractivity contribution is 6.62. The van der Waals surface area contributed by atoms with E-state index in [0.29, 0.717) is 63.1 Å². The Kier molecular flexibility index (Phi) is 18.8. The van der Waals surface area contributed by atoms with Crippen LogP contribution in [0.25, 0.3) is 212 Å². The molecular weight excluding hydrogens is 1530 g/mol. The van der Waals surface area contributed by atoms with Crippen LogP contribution in [0.3, 0.4) is 0 Å². The third kappa shape index (κ3) is 14.0. The van der Waals surface area contributed by atoms with Crippen molar-refractivity contribution in [1.82, 2.24) is 49.8 Å². The molecule has 1 fully saturated rings. The first-order chi connectivity index (χ1) is 59.8. The quantitative estimate of drug-likeness (QED) is 0.104. The Morgan fingerprint density at radius 1 is 0.230 bits per heavy atom. The Morgan fingerprint density at radius 3 is 0.967 bits per heavy atom. The molecule has 1 saturated heterocycles. The first-order valence-electron chi connectivity index (χ1n) is 40.2. The Hall–Kier alpha value is -15.3. The molecule has 1 aliphatic rings. The number of furan rings is 4. The number of aromatic nitrogens is 10. The van der Waals surface area contributed by atoms with Crippen LogP contribution in [-0.4, -0.2) is 68.2 Å². The summed E-state index contributed by atoms with van der Waals surface area (Å²) in [5.74, 6) is 4.02. The summed E-state index contributed by atoms with van der Waals surface area (Å²) in [5.41, 5.74) is 21.4. The van der Waals surface area contributed by atoms with E-state index in [0.717, 1.165) is 149 Å². The minimum absolute atomic E-state index is 0.191. The molecule has 1 aliphatic heterocycles. The van der Waals surface area contributed by atoms with Crippen LogP contribution in [0.4, 0.5) is 0 Å². The van der Waals surface area contributed by atoms with Gasteiger partial charge in [-0.15, -0.1) is 0 Å². The van der Waals surface area contributed by atoms with Crippen molar-refractivity contribution in [1.29, 1.82) is 0 Å². The topological polar surface area (TPSA) is 200 Å². The summed E-state index contributed by atoms with van der Waals surface area (Å²) < 4.78 is 38.5. The van der Waals surface area contributed by atoms with Gasteiger partial charge in [-0.3, -0.25) is 0 Å². The van der Waals surface area contributed by atoms with Crippen molar-refractivity contribution in [2.45, 2.75) is 38.9 Å². The molecule has 0 N–H and O–H groups in total. The van der Waals surface area contributed by atoms with Gasteiger partial charge < -0.3 is 27.0 Å². The zero-order valence-corrected chi connectivity index (χ0v) is 67.1. The van der Waals surface area contributed by atoms with Crippen molar-refractivity contribution in [3.63, 3.8) is 0 Å². The molecule has 8 aromatic heterocycles. The highest BCUT2D eigenvalue weighted by atomic mass is 35.5. The van der Waals surface area contributed by atoms with Gasteiger partial charge in [-0.2, -0.15) is 9.97 Å². The standard InChI is InChI=1S/C49H29N5O2.C34H27BN2O4.C21H14ClN3/c1-4-13-30(14-5-1)31-23-25-34(26-24-31)47-52-46(33-17-8-3-9-18-33)53-48(54-47)35-27-28-36-37-20-12-21-39(44(37)56-41(36)29-35)49-50-42(32-15-6-2-7-16-32)45-43(51-49)38-19-10-11-22-40(38)55-45;1-33(2)34(3,4)41-35(40-33)21-17-18-22-23-14-10-15-25(30(23)39-27(22)19-21)32-36-28(20-11-6-5-7-12-20)31-29(37-32)24-13-8-9-16-26(24)38-31;22-21-24-19(17-9-5-2-6-10-17)23-20(25-21)18-13-11-16(12-14-18)15-7-3-1-4-8-15/h1-29H;5-19H,1-4H3;1-14H. The van der Waals surface area contributed by atoms with Crippen molar-refractivity contribution in [2.75, 3.05) is 0 Å². The molecule has 0 saturated carbocycles. The number of fused-ring (bicyclic) bond motifs is 12. The zero-order chi connectivity index (χ0) is 82.0. The van der Waals surface area contributed by atoms with E-state index in [2.05, 4.69) is 134 Å². The van der Waals surface area contributed by atoms with Crippen molar-refractivity contribution in [2.24, 2.45) is 0 Å². The van der Waals surface area contributed by atoms with Gasteiger partial charge in [-0.1, -0.05) is 297 Å². The van der Waals surface area contributed by atoms with Gasteiger partial charge in [0.25, 0.3) is 0 Å². The molecule has 18 heteroatoms. The minimum Gasteiger partial charge on any atom is -0.455 e. The van der Waals surface area contributed by atoms with Gasteiger partial charge >= 0.3 is 7.12 Å². The molecule has 14 aromatic carbocycles. The number of rotatable bonds is 12. The fourth-order valence-electron chi connectivity index (χ4n) is 15.7. The number of nitrogens with zero attached hydrogens (tertiary/aromatic N) is 10. The van der Waals surface area contributed by atoms with Crippen molar-refractivity contribution >= 4 is 112 Å². The predicted octanol–water partition coefficient (Wildman–Crippen LogP) is 25.9. The fraction of sp³-hybridized carbons (Fsp3) is 0.0577. The van der Waals surface area contributed by atoms with Gasteiger partial charge in [0.15, 0.2) is 51.9 Å². The van der Waals surface area contributed by atoms with E-state index < -0.39 is 18.3 Å². The molecule has 0 unspecified atom stereocenters. The molecule has 23 rings (SSSR count). The Bertz CT molecular complexity index is 7700. The summed E-state index contributed by atoms with van der Waals surface area (Å²) in [6.07, 6.45) is 0.